The summed E-state index contributed by atoms with van der Waals surface area (Å²) in [5.74, 6) is -0.00210. The van der Waals surface area contributed by atoms with Crippen LogP contribution in [0.3, 0.4) is 0 Å². The van der Waals surface area contributed by atoms with Gasteiger partial charge in [-0.05, 0) is 18.1 Å². The number of benzene rings is 2. The maximum Gasteiger partial charge on any atom is 0.258 e. The van der Waals surface area contributed by atoms with Gasteiger partial charge in [0.1, 0.15) is 0 Å². The first-order valence-corrected chi connectivity index (χ1v) is 10.8. The van der Waals surface area contributed by atoms with Crippen molar-refractivity contribution in [2.24, 2.45) is 0 Å². The van der Waals surface area contributed by atoms with Crippen LogP contribution in [-0.2, 0) is 11.2 Å². The number of carbonyl (C=O) groups is 1. The second kappa shape index (κ2) is 9.05. The normalized spacial score (nSPS) is 11.1. The van der Waals surface area contributed by atoms with Crippen molar-refractivity contribution < 1.29 is 4.79 Å². The molecule has 5 nitrogen and oxygen atoms in total. The zero-order valence-corrected chi connectivity index (χ0v) is 17.6. The zero-order chi connectivity index (χ0) is 20.9. The van der Waals surface area contributed by atoms with Crippen molar-refractivity contribution in [2.75, 3.05) is 6.54 Å². The Hall–Kier alpha value is -3.25. The van der Waals surface area contributed by atoms with Crippen LogP contribution >= 0.6 is 11.3 Å². The molecule has 2 aromatic heterocycles. The van der Waals surface area contributed by atoms with Crippen LogP contribution < -0.4 is 10.9 Å². The van der Waals surface area contributed by atoms with Gasteiger partial charge in [-0.1, -0.05) is 60.7 Å². The van der Waals surface area contributed by atoms with Crippen LogP contribution in [-0.4, -0.2) is 21.8 Å². The second-order valence-electron chi connectivity index (χ2n) is 7.26. The van der Waals surface area contributed by atoms with Crippen molar-refractivity contribution >= 4 is 22.2 Å². The first kappa shape index (κ1) is 20.0. The molecule has 1 N–H and O–H groups in total. The van der Waals surface area contributed by atoms with Crippen molar-refractivity contribution in [3.63, 3.8) is 0 Å². The molecule has 0 fully saturated rings. The van der Waals surface area contributed by atoms with E-state index in [-0.39, 0.29) is 17.4 Å². The lowest BCUT2D eigenvalue weighted by Crippen LogP contribution is -2.28. The SMILES string of the molecule is Cc1cc(=O)n2c(CCNC(=O)CC(c3ccccc3)c3ccccc3)csc2n1. The van der Waals surface area contributed by atoms with E-state index in [2.05, 4.69) is 34.6 Å². The number of nitrogens with one attached hydrogen (secondary N) is 1. The lowest BCUT2D eigenvalue weighted by molar-refractivity contribution is -0.121. The number of carbonyl (C=O) groups excluding carboxylic acids is 1. The fourth-order valence-corrected chi connectivity index (χ4v) is 4.62. The molecule has 4 aromatic rings. The summed E-state index contributed by atoms with van der Waals surface area (Å²) < 4.78 is 1.63. The van der Waals surface area contributed by atoms with Crippen molar-refractivity contribution in [3.05, 3.63) is 105 Å². The third kappa shape index (κ3) is 4.49. The quantitative estimate of drug-likeness (QED) is 0.495. The van der Waals surface area contributed by atoms with Gasteiger partial charge in [-0.2, -0.15) is 0 Å². The van der Waals surface area contributed by atoms with E-state index in [1.807, 2.05) is 48.7 Å². The van der Waals surface area contributed by atoms with Gasteiger partial charge in [0.05, 0.1) is 0 Å². The first-order chi connectivity index (χ1) is 14.6. The van der Waals surface area contributed by atoms with Crippen LogP contribution in [0.5, 0.6) is 0 Å². The molecule has 4 rings (SSSR count). The minimum Gasteiger partial charge on any atom is -0.356 e. The topological polar surface area (TPSA) is 63.5 Å². The highest BCUT2D eigenvalue weighted by molar-refractivity contribution is 7.15. The van der Waals surface area contributed by atoms with E-state index >= 15 is 0 Å². The molecule has 2 aromatic carbocycles. The molecule has 0 unspecified atom stereocenters. The maximum atomic E-state index is 12.7. The van der Waals surface area contributed by atoms with Crippen molar-refractivity contribution in [1.29, 1.82) is 0 Å². The zero-order valence-electron chi connectivity index (χ0n) is 16.7. The number of amides is 1. The van der Waals surface area contributed by atoms with Crippen LogP contribution in [0.4, 0.5) is 0 Å². The summed E-state index contributed by atoms with van der Waals surface area (Å²) in [6.45, 7) is 2.29. The molecule has 0 radical (unpaired) electrons. The second-order valence-corrected chi connectivity index (χ2v) is 8.10. The van der Waals surface area contributed by atoms with Crippen molar-refractivity contribution in [2.45, 2.75) is 25.7 Å². The largest absolute Gasteiger partial charge is 0.356 e. The summed E-state index contributed by atoms with van der Waals surface area (Å²) in [4.78, 5) is 30.1. The molecule has 0 atom stereocenters. The van der Waals surface area contributed by atoms with Gasteiger partial charge in [0.15, 0.2) is 4.96 Å². The number of aryl methyl sites for hydroxylation is 1. The Balaban J connectivity index is 1.43. The molecule has 6 heteroatoms. The smallest absolute Gasteiger partial charge is 0.258 e. The number of fused-ring (bicyclic) bond motifs is 1. The highest BCUT2D eigenvalue weighted by Gasteiger charge is 2.18. The number of rotatable bonds is 7. The summed E-state index contributed by atoms with van der Waals surface area (Å²) in [5, 5.41) is 4.95. The molecular formula is C24H23N3O2S. The monoisotopic (exact) mass is 417 g/mol. The first-order valence-electron chi connectivity index (χ1n) is 9.95. The minimum atomic E-state index is -0.0757. The van der Waals surface area contributed by atoms with Crippen molar-refractivity contribution in [1.82, 2.24) is 14.7 Å². The van der Waals surface area contributed by atoms with E-state index in [1.165, 1.54) is 17.4 Å². The minimum absolute atomic E-state index is 0.00386. The van der Waals surface area contributed by atoms with Crippen molar-refractivity contribution in [3.8, 4) is 0 Å². The molecule has 1 amide bonds. The summed E-state index contributed by atoms with van der Waals surface area (Å²) >= 11 is 1.45. The van der Waals surface area contributed by atoms with Crippen LogP contribution in [0.1, 0.15) is 34.9 Å². The average molecular weight is 418 g/mol. The van der Waals surface area contributed by atoms with Crippen LogP contribution in [0.25, 0.3) is 4.96 Å². The van der Waals surface area contributed by atoms with E-state index in [0.717, 1.165) is 22.5 Å². The van der Waals surface area contributed by atoms with Gasteiger partial charge in [0, 0.05) is 48.1 Å². The van der Waals surface area contributed by atoms with E-state index in [0.29, 0.717) is 24.3 Å². The molecule has 0 aliphatic carbocycles. The van der Waals surface area contributed by atoms with E-state index in [1.54, 1.807) is 4.40 Å². The lowest BCUT2D eigenvalue weighted by Gasteiger charge is -2.18. The summed E-state index contributed by atoms with van der Waals surface area (Å²) in [6.07, 6.45) is 0.955. The van der Waals surface area contributed by atoms with Crippen LogP contribution in [0.2, 0.25) is 0 Å². The number of hydrogen-bond acceptors (Lipinski definition) is 4. The highest BCUT2D eigenvalue weighted by Crippen LogP contribution is 2.27. The molecule has 152 valence electrons. The molecule has 0 aliphatic rings. The van der Waals surface area contributed by atoms with E-state index in [4.69, 9.17) is 0 Å². The molecule has 0 saturated heterocycles. The number of aromatic nitrogens is 2. The summed E-state index contributed by atoms with van der Waals surface area (Å²) in [5.41, 5.74) is 3.75. The highest BCUT2D eigenvalue weighted by atomic mass is 32.1. The molecule has 2 heterocycles. The van der Waals surface area contributed by atoms with E-state index in [9.17, 15) is 9.59 Å². The third-order valence-electron chi connectivity index (χ3n) is 5.10. The Labute approximate surface area is 179 Å². The van der Waals surface area contributed by atoms with Gasteiger partial charge < -0.3 is 5.32 Å². The Kier molecular flexibility index (Phi) is 6.05. The van der Waals surface area contributed by atoms with Gasteiger partial charge in [0.25, 0.3) is 5.56 Å². The van der Waals surface area contributed by atoms with Gasteiger partial charge >= 0.3 is 0 Å². The molecule has 0 spiro atoms. The number of hydrogen-bond donors (Lipinski definition) is 1. The number of nitrogens with zero attached hydrogens (tertiary/aromatic N) is 2. The summed E-state index contributed by atoms with van der Waals surface area (Å²) in [6, 6.07) is 21.7. The van der Waals surface area contributed by atoms with Gasteiger partial charge in [-0.15, -0.1) is 11.3 Å². The molecular weight excluding hydrogens is 394 g/mol. The molecule has 30 heavy (non-hydrogen) atoms. The number of thiazole rings is 1. The predicted octanol–water partition coefficient (Wildman–Crippen LogP) is 3.95. The standard InChI is InChI=1S/C24H23N3O2S/c1-17-14-23(29)27-20(16-30-24(27)26-17)12-13-25-22(28)15-21(18-8-4-2-5-9-18)19-10-6-3-7-11-19/h2-11,14,16,21H,12-13,15H2,1H3,(H,25,28). The maximum absolute atomic E-state index is 12.7. The summed E-state index contributed by atoms with van der Waals surface area (Å²) in [7, 11) is 0. The fraction of sp³-hybridized carbons (Fsp3) is 0.208. The van der Waals surface area contributed by atoms with Crippen LogP contribution in [0.15, 0.2) is 76.9 Å². The van der Waals surface area contributed by atoms with Crippen LogP contribution in [0, 0.1) is 6.92 Å². The Morgan fingerprint density at radius 1 is 1.07 bits per heavy atom. The van der Waals surface area contributed by atoms with Gasteiger partial charge in [-0.3, -0.25) is 14.0 Å². The van der Waals surface area contributed by atoms with Gasteiger partial charge in [-0.25, -0.2) is 4.98 Å². The Morgan fingerprint density at radius 3 is 2.33 bits per heavy atom. The van der Waals surface area contributed by atoms with Gasteiger partial charge in [0.2, 0.25) is 5.91 Å². The third-order valence-corrected chi connectivity index (χ3v) is 5.97. The lowest BCUT2D eigenvalue weighted by atomic mass is 9.88. The molecule has 0 saturated carbocycles. The van der Waals surface area contributed by atoms with E-state index < -0.39 is 0 Å². The predicted molar refractivity (Wildman–Crippen MR) is 120 cm³/mol. The fourth-order valence-electron chi connectivity index (χ4n) is 3.64. The molecule has 0 aliphatic heterocycles. The molecule has 0 bridgehead atoms. The Morgan fingerprint density at radius 2 is 1.70 bits per heavy atom. The average Bonchev–Trinajstić information content (AvgIpc) is 3.16. The Bertz CT molecular complexity index is 1160.